The van der Waals surface area contributed by atoms with Crippen molar-refractivity contribution >= 4 is 5.69 Å². The molecule has 0 aliphatic rings. The van der Waals surface area contributed by atoms with Gasteiger partial charge in [-0.05, 0) is 12.1 Å². The van der Waals surface area contributed by atoms with Crippen molar-refractivity contribution in [2.45, 2.75) is 12.4 Å². The van der Waals surface area contributed by atoms with Crippen LogP contribution in [0.4, 0.5) is 32.0 Å². The first kappa shape index (κ1) is 13.5. The Hall–Kier alpha value is -1.60. The van der Waals surface area contributed by atoms with Crippen LogP contribution in [0.25, 0.3) is 0 Å². The number of nitrogens with two attached hydrogens (primary N) is 1. The summed E-state index contributed by atoms with van der Waals surface area (Å²) >= 11 is 0. The summed E-state index contributed by atoms with van der Waals surface area (Å²) in [7, 11) is 0.848. The van der Waals surface area contributed by atoms with E-state index in [4.69, 9.17) is 5.73 Å². The molecule has 0 aliphatic heterocycles. The molecule has 1 aromatic carbocycles. The van der Waals surface area contributed by atoms with E-state index >= 15 is 0 Å². The third kappa shape index (κ3) is 2.75. The van der Waals surface area contributed by atoms with Crippen LogP contribution in [0.1, 0.15) is 11.1 Å². The third-order valence-corrected chi connectivity index (χ3v) is 1.98. The van der Waals surface area contributed by atoms with Crippen molar-refractivity contribution in [1.82, 2.24) is 0 Å². The topological polar surface area (TPSA) is 35.2 Å². The Balaban J connectivity index is 3.46. The minimum atomic E-state index is -4.83. The molecule has 8 heteroatoms. The summed E-state index contributed by atoms with van der Waals surface area (Å²) in [5, 5.41) is 0. The highest BCUT2D eigenvalue weighted by atomic mass is 19.4. The molecule has 0 atom stereocenters. The van der Waals surface area contributed by atoms with Gasteiger partial charge in [-0.15, -0.1) is 0 Å². The van der Waals surface area contributed by atoms with E-state index < -0.39 is 34.9 Å². The van der Waals surface area contributed by atoms with E-state index in [9.17, 15) is 26.3 Å². The Morgan fingerprint density at radius 2 is 1.41 bits per heavy atom. The van der Waals surface area contributed by atoms with E-state index in [0.717, 1.165) is 7.11 Å². The number of rotatable bonds is 1. The summed E-state index contributed by atoms with van der Waals surface area (Å²) in [6.07, 6.45) is -9.66. The van der Waals surface area contributed by atoms with Crippen LogP contribution in [0, 0.1) is 0 Å². The van der Waals surface area contributed by atoms with Crippen molar-refractivity contribution in [1.29, 1.82) is 0 Å². The van der Waals surface area contributed by atoms with Gasteiger partial charge in [-0.25, -0.2) is 0 Å². The van der Waals surface area contributed by atoms with Crippen LogP contribution < -0.4 is 10.5 Å². The Labute approximate surface area is 92.0 Å². The number of halogens is 6. The molecular weight excluding hydrogens is 252 g/mol. The lowest BCUT2D eigenvalue weighted by atomic mass is 10.1. The van der Waals surface area contributed by atoms with Gasteiger partial charge in [0, 0.05) is 5.69 Å². The van der Waals surface area contributed by atoms with Crippen LogP contribution in [0.3, 0.4) is 0 Å². The van der Waals surface area contributed by atoms with Gasteiger partial charge in [0.1, 0.15) is 5.75 Å². The number of alkyl halides is 6. The Bertz CT molecular complexity index is 423. The number of benzene rings is 1. The maximum absolute atomic E-state index is 12.4. The second kappa shape index (κ2) is 4.01. The predicted molar refractivity (Wildman–Crippen MR) is 47.4 cm³/mol. The summed E-state index contributed by atoms with van der Waals surface area (Å²) in [4.78, 5) is 0. The summed E-state index contributed by atoms with van der Waals surface area (Å²) in [6, 6.07) is 0.444. The monoisotopic (exact) mass is 259 g/mol. The molecule has 0 heterocycles. The molecule has 0 bridgehead atoms. The van der Waals surface area contributed by atoms with Gasteiger partial charge in [0.15, 0.2) is 0 Å². The van der Waals surface area contributed by atoms with Gasteiger partial charge in [0.2, 0.25) is 0 Å². The Morgan fingerprint density at radius 3 is 1.76 bits per heavy atom. The molecule has 0 saturated carbocycles. The maximum atomic E-state index is 12.4. The largest absolute Gasteiger partial charge is 0.496 e. The Morgan fingerprint density at radius 1 is 0.941 bits per heavy atom. The van der Waals surface area contributed by atoms with Gasteiger partial charge in [-0.1, -0.05) is 0 Å². The van der Waals surface area contributed by atoms with E-state index in [1.54, 1.807) is 0 Å². The molecule has 0 fully saturated rings. The predicted octanol–water partition coefficient (Wildman–Crippen LogP) is 3.32. The lowest BCUT2D eigenvalue weighted by Gasteiger charge is -2.16. The van der Waals surface area contributed by atoms with E-state index in [0.29, 0.717) is 0 Å². The van der Waals surface area contributed by atoms with Gasteiger partial charge < -0.3 is 10.5 Å². The molecule has 1 rings (SSSR count). The zero-order chi connectivity index (χ0) is 13.4. The standard InChI is InChI=1S/C9H7F6NO/c1-17-7-3-4(8(10,11)12)6(16)2-5(7)9(13,14)15/h2-3H,16H2,1H3. The fourth-order valence-electron chi connectivity index (χ4n) is 1.23. The zero-order valence-electron chi connectivity index (χ0n) is 8.41. The normalized spacial score (nSPS) is 12.6. The van der Waals surface area contributed by atoms with Crippen molar-refractivity contribution in [2.75, 3.05) is 12.8 Å². The number of methoxy groups -OCH3 is 1. The van der Waals surface area contributed by atoms with E-state index in [2.05, 4.69) is 4.74 Å². The number of anilines is 1. The molecule has 0 aliphatic carbocycles. The molecule has 2 N–H and O–H groups in total. The van der Waals surface area contributed by atoms with E-state index in [1.807, 2.05) is 0 Å². The van der Waals surface area contributed by atoms with Gasteiger partial charge in [-0.2, -0.15) is 26.3 Å². The van der Waals surface area contributed by atoms with Crippen LogP contribution in [0.2, 0.25) is 0 Å². The second-order valence-corrected chi connectivity index (χ2v) is 3.14. The average Bonchev–Trinajstić information content (AvgIpc) is 2.14. The number of nitrogen functional groups attached to an aromatic ring is 1. The second-order valence-electron chi connectivity index (χ2n) is 3.14. The van der Waals surface area contributed by atoms with Crippen LogP contribution in [0.5, 0.6) is 5.75 Å². The molecule has 0 spiro atoms. The minimum Gasteiger partial charge on any atom is -0.496 e. The molecule has 1 aromatic rings. The molecule has 96 valence electrons. The Kier molecular flexibility index (Phi) is 3.17. The molecule has 0 aromatic heterocycles. The highest BCUT2D eigenvalue weighted by molar-refractivity contribution is 5.56. The maximum Gasteiger partial charge on any atom is 0.420 e. The van der Waals surface area contributed by atoms with E-state index in [-0.39, 0.29) is 12.1 Å². The summed E-state index contributed by atoms with van der Waals surface area (Å²) < 4.78 is 78.7. The number of hydrogen-bond donors (Lipinski definition) is 1. The fourth-order valence-corrected chi connectivity index (χ4v) is 1.23. The highest BCUT2D eigenvalue weighted by Gasteiger charge is 2.39. The van der Waals surface area contributed by atoms with Crippen molar-refractivity contribution in [3.8, 4) is 5.75 Å². The van der Waals surface area contributed by atoms with Gasteiger partial charge in [-0.3, -0.25) is 0 Å². The molecule has 2 nitrogen and oxygen atoms in total. The van der Waals surface area contributed by atoms with Crippen LogP contribution in [-0.4, -0.2) is 7.11 Å². The molecule has 0 saturated heterocycles. The van der Waals surface area contributed by atoms with Gasteiger partial charge in [0.25, 0.3) is 0 Å². The smallest absolute Gasteiger partial charge is 0.420 e. The van der Waals surface area contributed by atoms with Crippen molar-refractivity contribution in [3.63, 3.8) is 0 Å². The lowest BCUT2D eigenvalue weighted by Crippen LogP contribution is -2.14. The first-order valence-corrected chi connectivity index (χ1v) is 4.19. The molecular formula is C9H7F6NO. The summed E-state index contributed by atoms with van der Waals surface area (Å²) in [5.74, 6) is -0.918. The SMILES string of the molecule is COc1cc(C(F)(F)F)c(N)cc1C(F)(F)F. The van der Waals surface area contributed by atoms with Crippen molar-refractivity contribution in [2.24, 2.45) is 0 Å². The lowest BCUT2D eigenvalue weighted by molar-refractivity contribution is -0.141. The average molecular weight is 259 g/mol. The van der Waals surface area contributed by atoms with Crippen LogP contribution in [0.15, 0.2) is 12.1 Å². The summed E-state index contributed by atoms with van der Waals surface area (Å²) in [5.41, 5.74) is 1.26. The molecule has 17 heavy (non-hydrogen) atoms. The number of hydrogen-bond acceptors (Lipinski definition) is 2. The first-order chi connectivity index (χ1) is 7.57. The van der Waals surface area contributed by atoms with E-state index in [1.165, 1.54) is 0 Å². The summed E-state index contributed by atoms with van der Waals surface area (Å²) in [6.45, 7) is 0. The third-order valence-electron chi connectivity index (χ3n) is 1.98. The minimum absolute atomic E-state index is 0.210. The van der Waals surface area contributed by atoms with Crippen LogP contribution >= 0.6 is 0 Å². The molecule has 0 unspecified atom stereocenters. The fraction of sp³-hybridized carbons (Fsp3) is 0.333. The highest BCUT2D eigenvalue weighted by Crippen LogP contribution is 2.42. The van der Waals surface area contributed by atoms with Gasteiger partial charge >= 0.3 is 12.4 Å². The van der Waals surface area contributed by atoms with Crippen LogP contribution in [-0.2, 0) is 12.4 Å². The first-order valence-electron chi connectivity index (χ1n) is 4.19. The van der Waals surface area contributed by atoms with Gasteiger partial charge in [0.05, 0.1) is 18.2 Å². The van der Waals surface area contributed by atoms with Crippen molar-refractivity contribution < 1.29 is 31.1 Å². The molecule has 0 amide bonds. The van der Waals surface area contributed by atoms with Crippen molar-refractivity contribution in [3.05, 3.63) is 23.3 Å². The quantitative estimate of drug-likeness (QED) is 0.620. The number of ether oxygens (including phenoxy) is 1. The molecule has 0 radical (unpaired) electrons. The zero-order valence-corrected chi connectivity index (χ0v) is 8.41.